The molecule has 0 aromatic carbocycles. The first kappa shape index (κ1) is 13.9. The Morgan fingerprint density at radius 1 is 1.40 bits per heavy atom. The van der Waals surface area contributed by atoms with Crippen molar-refractivity contribution in [2.45, 2.75) is 46.1 Å². The standard InChI is InChI=1S/C16H24O4/c1-8-11(15(18)19-4)7-16(3)6-5-10-9(2)14(17)20-13(10)12(8)16/h8-13H,5-7H2,1-4H3. The van der Waals surface area contributed by atoms with Crippen LogP contribution >= 0.6 is 0 Å². The summed E-state index contributed by atoms with van der Waals surface area (Å²) in [4.78, 5) is 23.9. The minimum absolute atomic E-state index is 0.000839. The van der Waals surface area contributed by atoms with E-state index in [1.165, 1.54) is 7.11 Å². The van der Waals surface area contributed by atoms with Crippen LogP contribution in [0.4, 0.5) is 0 Å². The summed E-state index contributed by atoms with van der Waals surface area (Å²) < 4.78 is 10.7. The summed E-state index contributed by atoms with van der Waals surface area (Å²) in [6, 6.07) is 0. The molecule has 0 aromatic heterocycles. The van der Waals surface area contributed by atoms with Gasteiger partial charge in [-0.05, 0) is 30.6 Å². The SMILES string of the molecule is COC(=O)C1CC2(C)CCC3C(C)C(=O)OC3C2C1C. The molecule has 2 saturated carbocycles. The molecule has 2 aliphatic carbocycles. The second-order valence-electron chi connectivity index (χ2n) is 7.27. The first-order valence-corrected chi connectivity index (χ1v) is 7.67. The zero-order valence-corrected chi connectivity index (χ0v) is 12.7. The van der Waals surface area contributed by atoms with Crippen molar-refractivity contribution >= 4 is 11.9 Å². The Balaban J connectivity index is 1.91. The van der Waals surface area contributed by atoms with E-state index in [9.17, 15) is 9.59 Å². The molecule has 0 radical (unpaired) electrons. The van der Waals surface area contributed by atoms with Crippen LogP contribution < -0.4 is 0 Å². The molecule has 4 nitrogen and oxygen atoms in total. The first-order chi connectivity index (χ1) is 9.39. The highest BCUT2D eigenvalue weighted by Gasteiger charge is 2.62. The van der Waals surface area contributed by atoms with Gasteiger partial charge in [0.25, 0.3) is 0 Å². The Morgan fingerprint density at radius 2 is 2.10 bits per heavy atom. The van der Waals surface area contributed by atoms with E-state index in [1.807, 2.05) is 6.92 Å². The Labute approximate surface area is 120 Å². The molecule has 7 atom stereocenters. The monoisotopic (exact) mass is 280 g/mol. The molecule has 1 aliphatic heterocycles. The highest BCUT2D eigenvalue weighted by atomic mass is 16.6. The highest BCUT2D eigenvalue weighted by molar-refractivity contribution is 5.75. The van der Waals surface area contributed by atoms with Crippen LogP contribution in [0.2, 0.25) is 0 Å². The fraction of sp³-hybridized carbons (Fsp3) is 0.875. The van der Waals surface area contributed by atoms with E-state index in [-0.39, 0.29) is 41.2 Å². The van der Waals surface area contributed by atoms with E-state index in [0.29, 0.717) is 11.8 Å². The summed E-state index contributed by atoms with van der Waals surface area (Å²) in [5.41, 5.74) is 0.101. The lowest BCUT2D eigenvalue weighted by molar-refractivity contribution is -0.149. The summed E-state index contributed by atoms with van der Waals surface area (Å²) in [7, 11) is 1.46. The van der Waals surface area contributed by atoms with Gasteiger partial charge in [-0.3, -0.25) is 9.59 Å². The van der Waals surface area contributed by atoms with Gasteiger partial charge in [0, 0.05) is 11.8 Å². The lowest BCUT2D eigenvalue weighted by Gasteiger charge is -2.44. The van der Waals surface area contributed by atoms with Crippen LogP contribution in [0.3, 0.4) is 0 Å². The molecule has 0 amide bonds. The fourth-order valence-corrected chi connectivity index (χ4v) is 5.16. The van der Waals surface area contributed by atoms with Gasteiger partial charge in [-0.15, -0.1) is 0 Å². The van der Waals surface area contributed by atoms with Crippen molar-refractivity contribution in [2.24, 2.45) is 35.0 Å². The first-order valence-electron chi connectivity index (χ1n) is 7.67. The predicted octanol–water partition coefficient (Wildman–Crippen LogP) is 2.41. The number of carbonyl (C=O) groups is 2. The highest BCUT2D eigenvalue weighted by Crippen LogP contribution is 2.61. The quantitative estimate of drug-likeness (QED) is 0.692. The molecule has 0 spiro atoms. The number of fused-ring (bicyclic) bond motifs is 3. The van der Waals surface area contributed by atoms with E-state index in [1.54, 1.807) is 0 Å². The Bertz CT molecular complexity index is 446. The van der Waals surface area contributed by atoms with E-state index in [4.69, 9.17) is 9.47 Å². The van der Waals surface area contributed by atoms with Crippen LogP contribution in [-0.2, 0) is 19.1 Å². The lowest BCUT2D eigenvalue weighted by atomic mass is 9.61. The van der Waals surface area contributed by atoms with E-state index < -0.39 is 0 Å². The maximum absolute atomic E-state index is 12.0. The Kier molecular flexibility index (Phi) is 3.11. The van der Waals surface area contributed by atoms with Gasteiger partial charge in [0.05, 0.1) is 18.9 Å². The number of methoxy groups -OCH3 is 1. The van der Waals surface area contributed by atoms with Crippen molar-refractivity contribution in [1.82, 2.24) is 0 Å². The topological polar surface area (TPSA) is 52.6 Å². The van der Waals surface area contributed by atoms with Gasteiger partial charge >= 0.3 is 11.9 Å². The molecule has 0 N–H and O–H groups in total. The molecule has 7 unspecified atom stereocenters. The van der Waals surface area contributed by atoms with Crippen molar-refractivity contribution in [3.63, 3.8) is 0 Å². The molecular formula is C16H24O4. The zero-order valence-electron chi connectivity index (χ0n) is 12.7. The molecule has 3 aliphatic rings. The van der Waals surface area contributed by atoms with Crippen molar-refractivity contribution < 1.29 is 19.1 Å². The maximum atomic E-state index is 12.0. The van der Waals surface area contributed by atoms with Gasteiger partial charge in [-0.2, -0.15) is 0 Å². The number of esters is 2. The third-order valence-electron chi connectivity index (χ3n) is 6.29. The van der Waals surface area contributed by atoms with E-state index in [2.05, 4.69) is 13.8 Å². The second kappa shape index (κ2) is 4.47. The van der Waals surface area contributed by atoms with Gasteiger partial charge in [0.2, 0.25) is 0 Å². The van der Waals surface area contributed by atoms with Crippen molar-refractivity contribution in [1.29, 1.82) is 0 Å². The smallest absolute Gasteiger partial charge is 0.309 e. The molecular weight excluding hydrogens is 256 g/mol. The molecule has 20 heavy (non-hydrogen) atoms. The van der Waals surface area contributed by atoms with Crippen LogP contribution in [0.25, 0.3) is 0 Å². The maximum Gasteiger partial charge on any atom is 0.309 e. The fourth-order valence-electron chi connectivity index (χ4n) is 5.16. The van der Waals surface area contributed by atoms with Crippen molar-refractivity contribution in [3.05, 3.63) is 0 Å². The van der Waals surface area contributed by atoms with E-state index >= 15 is 0 Å². The Morgan fingerprint density at radius 3 is 2.75 bits per heavy atom. The summed E-state index contributed by atoms with van der Waals surface area (Å²) in [6.45, 7) is 6.36. The van der Waals surface area contributed by atoms with Crippen LogP contribution in [0.15, 0.2) is 0 Å². The predicted molar refractivity (Wildman–Crippen MR) is 72.7 cm³/mol. The van der Waals surface area contributed by atoms with Crippen LogP contribution in [-0.4, -0.2) is 25.2 Å². The number of ether oxygens (including phenoxy) is 2. The largest absolute Gasteiger partial charge is 0.469 e. The van der Waals surface area contributed by atoms with Crippen LogP contribution in [0, 0.1) is 35.0 Å². The van der Waals surface area contributed by atoms with Gasteiger partial charge in [-0.1, -0.05) is 20.8 Å². The molecule has 0 aromatic rings. The average Bonchev–Trinajstić information content (AvgIpc) is 2.84. The normalized spacial score (nSPS) is 50.3. The van der Waals surface area contributed by atoms with Gasteiger partial charge < -0.3 is 9.47 Å². The third kappa shape index (κ3) is 1.73. The molecule has 0 bridgehead atoms. The van der Waals surface area contributed by atoms with Crippen molar-refractivity contribution in [3.8, 4) is 0 Å². The minimum Gasteiger partial charge on any atom is -0.469 e. The zero-order chi connectivity index (χ0) is 14.7. The third-order valence-corrected chi connectivity index (χ3v) is 6.29. The lowest BCUT2D eigenvalue weighted by Crippen LogP contribution is -2.43. The second-order valence-corrected chi connectivity index (χ2v) is 7.27. The number of hydrogen-bond acceptors (Lipinski definition) is 4. The molecule has 1 saturated heterocycles. The summed E-state index contributed by atoms with van der Waals surface area (Å²) in [5, 5.41) is 0. The molecule has 3 fully saturated rings. The van der Waals surface area contributed by atoms with Crippen LogP contribution in [0.5, 0.6) is 0 Å². The summed E-state index contributed by atoms with van der Waals surface area (Å²) in [5.74, 6) is 0.634. The number of carbonyl (C=O) groups excluding carboxylic acids is 2. The van der Waals surface area contributed by atoms with Gasteiger partial charge in [-0.25, -0.2) is 0 Å². The van der Waals surface area contributed by atoms with Gasteiger partial charge in [0.1, 0.15) is 6.10 Å². The molecule has 3 rings (SSSR count). The molecule has 1 heterocycles. The molecule has 112 valence electrons. The Hall–Kier alpha value is -1.06. The van der Waals surface area contributed by atoms with Crippen molar-refractivity contribution in [2.75, 3.05) is 7.11 Å². The summed E-state index contributed by atoms with van der Waals surface area (Å²) >= 11 is 0. The average molecular weight is 280 g/mol. The summed E-state index contributed by atoms with van der Waals surface area (Å²) in [6.07, 6.45) is 2.98. The van der Waals surface area contributed by atoms with E-state index in [0.717, 1.165) is 19.3 Å². The number of rotatable bonds is 1. The molecule has 4 heteroatoms. The van der Waals surface area contributed by atoms with Crippen LogP contribution in [0.1, 0.15) is 40.0 Å². The van der Waals surface area contributed by atoms with Gasteiger partial charge in [0.15, 0.2) is 0 Å². The number of hydrogen-bond donors (Lipinski definition) is 0. The minimum atomic E-state index is -0.109.